The number of nitrogens with zero attached hydrogens (tertiary/aromatic N) is 3. The fourth-order valence-electron chi connectivity index (χ4n) is 3.45. The molecule has 2 unspecified atom stereocenters. The number of aliphatic hydroxyl groups is 1. The number of hydrogen-bond acceptors (Lipinski definition) is 3. The van der Waals surface area contributed by atoms with E-state index in [4.69, 9.17) is 0 Å². The largest absolute Gasteiger partial charge is 0.387 e. The van der Waals surface area contributed by atoms with Crippen molar-refractivity contribution < 1.29 is 5.11 Å². The van der Waals surface area contributed by atoms with Crippen LogP contribution in [0.25, 0.3) is 11.0 Å². The van der Waals surface area contributed by atoms with Crippen molar-refractivity contribution >= 4 is 11.0 Å². The molecule has 2 aromatic rings. The Balaban J connectivity index is 1.75. The van der Waals surface area contributed by atoms with Crippen LogP contribution in [0.4, 0.5) is 0 Å². The molecule has 3 rings (SSSR count). The second-order valence-electron chi connectivity index (χ2n) is 6.17. The van der Waals surface area contributed by atoms with Gasteiger partial charge in [0, 0.05) is 19.6 Å². The van der Waals surface area contributed by atoms with E-state index in [2.05, 4.69) is 16.8 Å². The fourth-order valence-corrected chi connectivity index (χ4v) is 3.45. The Labute approximate surface area is 126 Å². The number of benzene rings is 1. The molecule has 4 heteroatoms. The summed E-state index contributed by atoms with van der Waals surface area (Å²) >= 11 is 0. The molecule has 1 aromatic carbocycles. The summed E-state index contributed by atoms with van der Waals surface area (Å²) in [7, 11) is 1.99. The van der Waals surface area contributed by atoms with Crippen molar-refractivity contribution in [2.24, 2.45) is 7.05 Å². The summed E-state index contributed by atoms with van der Waals surface area (Å²) in [6.07, 6.45) is 6.41. The van der Waals surface area contributed by atoms with Crippen LogP contribution >= 0.6 is 0 Å². The van der Waals surface area contributed by atoms with Gasteiger partial charge in [-0.1, -0.05) is 19.4 Å². The zero-order chi connectivity index (χ0) is 14.8. The first-order valence-electron chi connectivity index (χ1n) is 8.02. The predicted molar refractivity (Wildman–Crippen MR) is 85.2 cm³/mol. The monoisotopic (exact) mass is 287 g/mol. The molecule has 2 atom stereocenters. The number of imidazole rings is 1. The van der Waals surface area contributed by atoms with Gasteiger partial charge in [0.05, 0.1) is 23.5 Å². The van der Waals surface area contributed by atoms with Crippen LogP contribution in [0, 0.1) is 0 Å². The molecular weight excluding hydrogens is 262 g/mol. The molecular formula is C17H25N3O. The van der Waals surface area contributed by atoms with Gasteiger partial charge >= 0.3 is 0 Å². The van der Waals surface area contributed by atoms with E-state index in [9.17, 15) is 5.11 Å². The third-order valence-corrected chi connectivity index (χ3v) is 4.76. The maximum atomic E-state index is 10.6. The summed E-state index contributed by atoms with van der Waals surface area (Å²) in [5.74, 6) is 0. The van der Waals surface area contributed by atoms with Gasteiger partial charge in [0.1, 0.15) is 0 Å². The molecule has 0 bridgehead atoms. The molecule has 1 fully saturated rings. The van der Waals surface area contributed by atoms with Crippen molar-refractivity contribution in [2.75, 3.05) is 13.1 Å². The maximum absolute atomic E-state index is 10.6. The Morgan fingerprint density at radius 2 is 2.24 bits per heavy atom. The van der Waals surface area contributed by atoms with Gasteiger partial charge in [-0.25, -0.2) is 4.98 Å². The maximum Gasteiger partial charge on any atom is 0.0955 e. The van der Waals surface area contributed by atoms with E-state index in [0.29, 0.717) is 6.04 Å². The van der Waals surface area contributed by atoms with Crippen LogP contribution in [0.2, 0.25) is 0 Å². The van der Waals surface area contributed by atoms with Crippen molar-refractivity contribution in [2.45, 2.75) is 44.8 Å². The topological polar surface area (TPSA) is 41.3 Å². The Hall–Kier alpha value is -1.39. The normalized spacial score (nSPS) is 21.8. The van der Waals surface area contributed by atoms with Crippen molar-refractivity contribution in [3.63, 3.8) is 0 Å². The Morgan fingerprint density at radius 3 is 3.05 bits per heavy atom. The summed E-state index contributed by atoms with van der Waals surface area (Å²) in [4.78, 5) is 6.83. The number of likely N-dealkylation sites (tertiary alicyclic amines) is 1. The molecule has 0 radical (unpaired) electrons. The van der Waals surface area contributed by atoms with E-state index in [1.165, 1.54) is 25.7 Å². The number of aromatic nitrogens is 2. The SMILES string of the molecule is CCC1CCCCN1CC(O)c1ccc2c(c1)ncn2C. The van der Waals surface area contributed by atoms with E-state index in [1.807, 2.05) is 36.1 Å². The lowest BCUT2D eigenvalue weighted by molar-refractivity contribution is 0.0657. The van der Waals surface area contributed by atoms with Crippen molar-refractivity contribution in [3.8, 4) is 0 Å². The van der Waals surface area contributed by atoms with Crippen LogP contribution in [0.3, 0.4) is 0 Å². The summed E-state index contributed by atoms with van der Waals surface area (Å²) in [6.45, 7) is 4.09. The Bertz CT molecular complexity index is 607. The lowest BCUT2D eigenvalue weighted by Gasteiger charge is -2.36. The van der Waals surface area contributed by atoms with Crippen molar-refractivity contribution in [1.82, 2.24) is 14.5 Å². The highest BCUT2D eigenvalue weighted by molar-refractivity contribution is 5.76. The number of rotatable bonds is 4. The highest BCUT2D eigenvalue weighted by atomic mass is 16.3. The van der Waals surface area contributed by atoms with E-state index < -0.39 is 6.10 Å². The molecule has 0 spiro atoms. The van der Waals surface area contributed by atoms with E-state index in [0.717, 1.165) is 29.7 Å². The molecule has 0 amide bonds. The third-order valence-electron chi connectivity index (χ3n) is 4.76. The van der Waals surface area contributed by atoms with E-state index >= 15 is 0 Å². The van der Waals surface area contributed by atoms with Crippen LogP contribution in [-0.2, 0) is 7.05 Å². The van der Waals surface area contributed by atoms with Gasteiger partial charge in [-0.2, -0.15) is 0 Å². The van der Waals surface area contributed by atoms with Gasteiger partial charge < -0.3 is 9.67 Å². The molecule has 1 saturated heterocycles. The smallest absolute Gasteiger partial charge is 0.0955 e. The number of piperidine rings is 1. The van der Waals surface area contributed by atoms with Gasteiger partial charge in [0.25, 0.3) is 0 Å². The minimum atomic E-state index is -0.427. The van der Waals surface area contributed by atoms with Crippen LogP contribution in [0.5, 0.6) is 0 Å². The number of aryl methyl sites for hydroxylation is 1. The quantitative estimate of drug-likeness (QED) is 0.940. The molecule has 1 aliphatic heterocycles. The van der Waals surface area contributed by atoms with Crippen LogP contribution in [0.15, 0.2) is 24.5 Å². The number of fused-ring (bicyclic) bond motifs is 1. The predicted octanol–water partition coefficient (Wildman–Crippen LogP) is 2.87. The fraction of sp³-hybridized carbons (Fsp3) is 0.588. The minimum absolute atomic E-state index is 0.427. The number of aliphatic hydroxyl groups excluding tert-OH is 1. The Morgan fingerprint density at radius 1 is 1.38 bits per heavy atom. The minimum Gasteiger partial charge on any atom is -0.387 e. The van der Waals surface area contributed by atoms with Crippen molar-refractivity contribution in [3.05, 3.63) is 30.1 Å². The zero-order valence-electron chi connectivity index (χ0n) is 13.0. The molecule has 114 valence electrons. The van der Waals surface area contributed by atoms with Gasteiger partial charge in [0.15, 0.2) is 0 Å². The number of β-amino-alcohol motifs (C(OH)–C–C–N with tert-alkyl or cyclic N) is 1. The van der Waals surface area contributed by atoms with Gasteiger partial charge in [-0.3, -0.25) is 4.90 Å². The molecule has 1 N–H and O–H groups in total. The Kier molecular flexibility index (Phi) is 4.27. The van der Waals surface area contributed by atoms with Crippen LogP contribution in [0.1, 0.15) is 44.3 Å². The molecule has 1 aromatic heterocycles. The summed E-state index contributed by atoms with van der Waals surface area (Å²) in [5, 5.41) is 10.6. The highest BCUT2D eigenvalue weighted by Gasteiger charge is 2.23. The summed E-state index contributed by atoms with van der Waals surface area (Å²) < 4.78 is 2.00. The van der Waals surface area contributed by atoms with Crippen molar-refractivity contribution in [1.29, 1.82) is 0 Å². The zero-order valence-corrected chi connectivity index (χ0v) is 13.0. The van der Waals surface area contributed by atoms with Gasteiger partial charge in [-0.05, 0) is 43.5 Å². The third kappa shape index (κ3) is 2.97. The van der Waals surface area contributed by atoms with Gasteiger partial charge in [-0.15, -0.1) is 0 Å². The molecule has 0 aliphatic carbocycles. The average Bonchev–Trinajstić information content (AvgIpc) is 2.88. The van der Waals surface area contributed by atoms with E-state index in [-0.39, 0.29) is 0 Å². The average molecular weight is 287 g/mol. The highest BCUT2D eigenvalue weighted by Crippen LogP contribution is 2.24. The molecule has 1 aliphatic rings. The molecule has 0 saturated carbocycles. The standard InChI is InChI=1S/C17H25N3O/c1-3-14-6-4-5-9-20(14)11-17(21)13-7-8-16-15(10-13)18-12-19(16)2/h7-8,10,12,14,17,21H,3-6,9,11H2,1-2H3. The lowest BCUT2D eigenvalue weighted by Crippen LogP contribution is -2.41. The molecule has 21 heavy (non-hydrogen) atoms. The lowest BCUT2D eigenvalue weighted by atomic mass is 9.98. The van der Waals surface area contributed by atoms with Gasteiger partial charge in [0.2, 0.25) is 0 Å². The first-order chi connectivity index (χ1) is 10.2. The first-order valence-corrected chi connectivity index (χ1v) is 8.02. The first kappa shape index (κ1) is 14.5. The summed E-state index contributed by atoms with van der Waals surface area (Å²) in [5.41, 5.74) is 3.04. The summed E-state index contributed by atoms with van der Waals surface area (Å²) in [6, 6.07) is 6.73. The second-order valence-corrected chi connectivity index (χ2v) is 6.17. The second kappa shape index (κ2) is 6.16. The van der Waals surface area contributed by atoms with E-state index in [1.54, 1.807) is 0 Å². The molecule has 2 heterocycles. The number of hydrogen-bond donors (Lipinski definition) is 1. The van der Waals surface area contributed by atoms with Crippen LogP contribution < -0.4 is 0 Å². The van der Waals surface area contributed by atoms with Crippen LogP contribution in [-0.4, -0.2) is 38.7 Å². The molecule has 4 nitrogen and oxygen atoms in total.